The van der Waals surface area contributed by atoms with E-state index < -0.39 is 0 Å². The number of allylic oxidation sites excluding steroid dienone is 4. The monoisotopic (exact) mass is 423 g/mol. The molecule has 0 aliphatic heterocycles. The normalized spacial score (nSPS) is 10.6. The molecule has 0 amide bonds. The van der Waals surface area contributed by atoms with Crippen LogP contribution < -0.4 is 4.74 Å². The fraction of sp³-hybridized carbons (Fsp3) is 0.444. The van der Waals surface area contributed by atoms with Crippen molar-refractivity contribution in [2.24, 2.45) is 0 Å². The molecule has 24 heavy (non-hydrogen) atoms. The van der Waals surface area contributed by atoms with E-state index in [2.05, 4.69) is 46.0 Å². The zero-order valence-corrected chi connectivity index (χ0v) is 19.5. The van der Waals surface area contributed by atoms with Crippen LogP contribution in [0.15, 0.2) is 36.4 Å². The van der Waals surface area contributed by atoms with E-state index in [0.717, 1.165) is 21.5 Å². The van der Waals surface area contributed by atoms with Gasteiger partial charge in [-0.1, -0.05) is 33.9 Å². The topological polar surface area (TPSA) is 29.5 Å². The van der Waals surface area contributed by atoms with Gasteiger partial charge in [-0.3, -0.25) is 6.08 Å². The Morgan fingerprint density at radius 1 is 1.12 bits per heavy atom. The maximum absolute atomic E-state index is 9.41. The average Bonchev–Trinajstić information content (AvgIpc) is 2.97. The summed E-state index contributed by atoms with van der Waals surface area (Å²) in [4.78, 5) is 0. The third-order valence-electron chi connectivity index (χ3n) is 2.58. The predicted octanol–water partition coefficient (Wildman–Crippen LogP) is 5.63. The molecule has 1 N–H and O–H groups in total. The number of methoxy groups -OCH3 is 1. The van der Waals surface area contributed by atoms with Crippen LogP contribution in [0.25, 0.3) is 0 Å². The van der Waals surface area contributed by atoms with Gasteiger partial charge in [0.15, 0.2) is 0 Å². The van der Waals surface area contributed by atoms with Crippen molar-refractivity contribution in [2.45, 2.75) is 45.7 Å². The zero-order chi connectivity index (χ0) is 16.3. The van der Waals surface area contributed by atoms with E-state index >= 15 is 0 Å². The molecular weight excluding hydrogens is 395 g/mol. The standard InChI is InChI=1S/C11H16O2.C5H5.C2H6Si.2ClH.Ti/c1-11(2,3)8-5-9(12)7-10(6-8)13-4;1-2-4-5-3-1;1-3-2;;;/h5-7,12H,1-4H3;1-3H,4H2;1-2H3;2*1H;/q;-1;;;;. The van der Waals surface area contributed by atoms with E-state index in [0.29, 0.717) is 5.75 Å². The van der Waals surface area contributed by atoms with Gasteiger partial charge >= 0.3 is 0 Å². The Balaban J connectivity index is -0.000000154. The first-order valence-electron chi connectivity index (χ1n) is 7.04. The van der Waals surface area contributed by atoms with Crippen LogP contribution in [0, 0.1) is 6.08 Å². The van der Waals surface area contributed by atoms with Crippen molar-refractivity contribution in [3.05, 3.63) is 48.1 Å². The number of hydrogen-bond acceptors (Lipinski definition) is 2. The Labute approximate surface area is 177 Å². The van der Waals surface area contributed by atoms with E-state index in [1.54, 1.807) is 19.2 Å². The molecule has 0 saturated carbocycles. The van der Waals surface area contributed by atoms with Gasteiger partial charge in [-0.2, -0.15) is 6.08 Å². The Morgan fingerprint density at radius 2 is 1.67 bits per heavy atom. The van der Waals surface area contributed by atoms with Crippen molar-refractivity contribution in [1.29, 1.82) is 0 Å². The first-order valence-corrected chi connectivity index (χ1v) is 9.04. The molecule has 6 heteroatoms. The van der Waals surface area contributed by atoms with Gasteiger partial charge in [-0.25, -0.2) is 12.2 Å². The van der Waals surface area contributed by atoms with Crippen molar-refractivity contribution in [1.82, 2.24) is 0 Å². The van der Waals surface area contributed by atoms with Crippen molar-refractivity contribution in [3.63, 3.8) is 0 Å². The molecular formula is C18H29Cl2O2SiTi-. The largest absolute Gasteiger partial charge is 0.508 e. The van der Waals surface area contributed by atoms with Crippen LogP contribution in [0.1, 0.15) is 32.8 Å². The second-order valence-corrected chi connectivity index (χ2v) is 6.67. The molecule has 2 nitrogen and oxygen atoms in total. The summed E-state index contributed by atoms with van der Waals surface area (Å²) < 4.78 is 5.07. The smallest absolute Gasteiger partial charge is 0.122 e. The predicted molar refractivity (Wildman–Crippen MR) is 107 cm³/mol. The second kappa shape index (κ2) is 17.6. The summed E-state index contributed by atoms with van der Waals surface area (Å²) >= 11 is 0. The van der Waals surface area contributed by atoms with Gasteiger partial charge in [0.2, 0.25) is 0 Å². The van der Waals surface area contributed by atoms with E-state index in [9.17, 15) is 5.11 Å². The van der Waals surface area contributed by atoms with Crippen LogP contribution in [0.4, 0.5) is 0 Å². The van der Waals surface area contributed by atoms with Gasteiger partial charge in [0.1, 0.15) is 11.5 Å². The quantitative estimate of drug-likeness (QED) is 0.468. The van der Waals surface area contributed by atoms with Crippen LogP contribution in [-0.2, 0) is 27.1 Å². The molecule has 0 unspecified atom stereocenters. The zero-order valence-electron chi connectivity index (χ0n) is 15.3. The van der Waals surface area contributed by atoms with Gasteiger partial charge < -0.3 is 9.84 Å². The fourth-order valence-electron chi connectivity index (χ4n) is 1.47. The first kappa shape index (κ1) is 31.6. The number of benzene rings is 1. The molecule has 1 aromatic rings. The molecule has 0 atom stereocenters. The molecule has 0 saturated heterocycles. The van der Waals surface area contributed by atoms with Gasteiger partial charge in [0, 0.05) is 37.3 Å². The molecule has 0 fully saturated rings. The summed E-state index contributed by atoms with van der Waals surface area (Å²) in [6, 6.07) is 5.32. The van der Waals surface area contributed by atoms with E-state index in [1.807, 2.05) is 18.2 Å². The summed E-state index contributed by atoms with van der Waals surface area (Å²) in [5.41, 5.74) is 1.11. The third-order valence-corrected chi connectivity index (χ3v) is 2.58. The van der Waals surface area contributed by atoms with Crippen molar-refractivity contribution < 1.29 is 31.6 Å². The molecule has 2 radical (unpaired) electrons. The first-order chi connectivity index (χ1) is 9.85. The molecule has 0 aromatic heterocycles. The van der Waals surface area contributed by atoms with Gasteiger partial charge in [-0.15, -0.1) is 31.2 Å². The Morgan fingerprint density at radius 3 is 1.96 bits per heavy atom. The van der Waals surface area contributed by atoms with Gasteiger partial charge in [-0.05, 0) is 23.1 Å². The average molecular weight is 424 g/mol. The Hall–Kier alpha value is -0.189. The molecule has 136 valence electrons. The van der Waals surface area contributed by atoms with Crippen molar-refractivity contribution in [2.75, 3.05) is 7.11 Å². The van der Waals surface area contributed by atoms with E-state index in [-0.39, 0.29) is 57.7 Å². The molecule has 1 aliphatic carbocycles. The number of ether oxygens (including phenoxy) is 1. The van der Waals surface area contributed by atoms with Crippen LogP contribution in [0.5, 0.6) is 11.5 Å². The Bertz CT molecular complexity index is 463. The number of phenols is 1. The van der Waals surface area contributed by atoms with Gasteiger partial charge in [0.05, 0.1) is 7.11 Å². The number of aromatic hydroxyl groups is 1. The summed E-state index contributed by atoms with van der Waals surface area (Å²) in [6.07, 6.45) is 10.0. The van der Waals surface area contributed by atoms with Crippen LogP contribution in [-0.4, -0.2) is 21.7 Å². The Kier molecular flexibility index (Phi) is 23.2. The second-order valence-electron chi connectivity index (χ2n) is 5.67. The SMILES string of the molecule is COc1cc(O)cc(C(C)(C)C)c1.C[Si]C.Cl.Cl.[C-]1=CC=CC1.[Ti]. The summed E-state index contributed by atoms with van der Waals surface area (Å²) in [6.45, 7) is 10.6. The van der Waals surface area contributed by atoms with Crippen LogP contribution in [0.2, 0.25) is 13.1 Å². The molecule has 0 spiro atoms. The molecule has 2 rings (SSSR count). The van der Waals surface area contributed by atoms with Crippen LogP contribution >= 0.6 is 24.8 Å². The molecule has 0 heterocycles. The third kappa shape index (κ3) is 15.3. The van der Waals surface area contributed by atoms with Crippen LogP contribution in [0.3, 0.4) is 0 Å². The van der Waals surface area contributed by atoms with Gasteiger partial charge in [0.25, 0.3) is 0 Å². The van der Waals surface area contributed by atoms with E-state index in [4.69, 9.17) is 4.74 Å². The minimum atomic E-state index is 0. The van der Waals surface area contributed by atoms with E-state index in [1.165, 1.54) is 0 Å². The number of halogens is 2. The van der Waals surface area contributed by atoms with Crippen molar-refractivity contribution in [3.8, 4) is 11.5 Å². The maximum Gasteiger partial charge on any atom is 0.122 e. The molecule has 1 aromatic carbocycles. The maximum atomic E-state index is 9.41. The number of phenolic OH excluding ortho intramolecular Hbond substituents is 1. The molecule has 1 aliphatic rings. The molecule has 0 bridgehead atoms. The summed E-state index contributed by atoms with van der Waals surface area (Å²) in [7, 11) is 2.68. The minimum Gasteiger partial charge on any atom is -0.508 e. The number of rotatable bonds is 1. The summed E-state index contributed by atoms with van der Waals surface area (Å²) in [5.74, 6) is 0.953. The summed E-state index contributed by atoms with van der Waals surface area (Å²) in [5, 5.41) is 9.41. The minimum absolute atomic E-state index is 0. The van der Waals surface area contributed by atoms with Crippen molar-refractivity contribution >= 4 is 34.3 Å². The fourth-order valence-corrected chi connectivity index (χ4v) is 1.47. The number of hydrogen-bond donors (Lipinski definition) is 1.